The molecular weight excluding hydrogens is 1090 g/mol. The Balaban J connectivity index is -0.0000000572. The zero-order valence-corrected chi connectivity index (χ0v) is 40.3. The molecule has 1 aromatic heterocycles. The highest BCUT2D eigenvalue weighted by Crippen LogP contribution is 2.57. The SMILES string of the molecule is N.N.N.N.N.N.N.N.N.N.N.N.N.N.O=P(O)(O)O[C@H]1[C@H](OP(=O)(O)O)[C@@H](OP(=O)(O)O)[C@H](OP(=O)(O)O)[C@@H](OP(=O)(O)O)[C@H]1OP(=O)(O)O.O=S(=O)(O)OOS(=O)(=O)O.c1cc[nH]c1. The van der Waals surface area contributed by atoms with E-state index in [0.717, 1.165) is 0 Å². The molecule has 0 amide bonds. The van der Waals surface area contributed by atoms with Crippen LogP contribution in [0.15, 0.2) is 24.5 Å². The van der Waals surface area contributed by atoms with Crippen molar-refractivity contribution in [2.75, 3.05) is 0 Å². The van der Waals surface area contributed by atoms with Gasteiger partial charge in [0.1, 0.15) is 36.6 Å². The standard InChI is InChI=1S/C6H18O24P6.C4H5N.14H3N.H2O8S2/c7-31(8,9)25-1-2(26-32(10,11)12)4(28-34(16,17)18)6(30-36(22,23)24)5(29-35(19,20)21)3(1)27-33(13,14)15;1-2-4-5-3-1;;;;;;;;;;;;;;;1-9(2,3)7-8-10(4,5)6/h1-6H,(H2,7,8,9)(H2,10,11,12)(H2,13,14,15)(H2,16,17,18)(H2,19,20,21)(H2,22,23,24);1-5H;14*1H3;(H,1,2,3)(H,4,5,6)/t1-,2-,3-,4+,5-,6-;;;;;;;;;;;;;;;;. The molecule has 47 nitrogen and oxygen atoms in total. The molecule has 0 spiro atoms. The molecule has 1 fully saturated rings. The van der Waals surface area contributed by atoms with E-state index in [-0.39, 0.29) is 86.1 Å². The van der Waals surface area contributed by atoms with Gasteiger partial charge in [-0.25, -0.2) is 27.4 Å². The lowest BCUT2D eigenvalue weighted by Gasteiger charge is -2.48. The van der Waals surface area contributed by atoms with Gasteiger partial charge in [0.25, 0.3) is 0 Å². The minimum atomic E-state index is -6.02. The Hall–Kier alpha value is -0.880. The molecule has 1 heterocycles. The summed E-state index contributed by atoms with van der Waals surface area (Å²) in [4.78, 5) is 113. The molecule has 0 unspecified atom stereocenters. The summed E-state index contributed by atoms with van der Waals surface area (Å²) < 4.78 is 152. The van der Waals surface area contributed by atoms with Crippen molar-refractivity contribution in [3.63, 3.8) is 0 Å². The third-order valence-electron chi connectivity index (χ3n) is 4.19. The number of aromatic amines is 1. The molecule has 57 N–H and O–H groups in total. The lowest BCUT2D eigenvalue weighted by molar-refractivity contribution is -0.202. The predicted octanol–water partition coefficient (Wildman–Crippen LogP) is -1.31. The van der Waals surface area contributed by atoms with Crippen molar-refractivity contribution in [3.8, 4) is 0 Å². The zero-order chi connectivity index (χ0) is 40.7. The quantitative estimate of drug-likeness (QED) is 0.0420. The predicted molar refractivity (Wildman–Crippen MR) is 218 cm³/mol. The van der Waals surface area contributed by atoms with Gasteiger partial charge in [-0.1, -0.05) is 8.67 Å². The maximum absolute atomic E-state index is 11.4. The summed E-state index contributed by atoms with van der Waals surface area (Å²) in [6.07, 6.45) is -15.1. The largest absolute Gasteiger partial charge is 0.470 e. The van der Waals surface area contributed by atoms with Crippen LogP contribution in [0.1, 0.15) is 0 Å². The van der Waals surface area contributed by atoms with Gasteiger partial charge in [0, 0.05) is 12.4 Å². The van der Waals surface area contributed by atoms with Crippen molar-refractivity contribution < 1.29 is 148 Å². The van der Waals surface area contributed by atoms with Crippen LogP contribution < -0.4 is 86.1 Å². The second-order valence-corrected chi connectivity index (χ2v) is 17.4. The van der Waals surface area contributed by atoms with E-state index >= 15 is 0 Å². The monoisotopic (exact) mass is 1160 g/mol. The molecule has 1 saturated carbocycles. The van der Waals surface area contributed by atoms with Gasteiger partial charge in [0.15, 0.2) is 0 Å². The van der Waals surface area contributed by atoms with Crippen molar-refractivity contribution in [1.29, 1.82) is 0 Å². The number of hydrogen-bond donors (Lipinski definition) is 29. The number of phosphoric ester groups is 6. The first-order valence-electron chi connectivity index (χ1n) is 11.1. The van der Waals surface area contributed by atoms with E-state index in [9.17, 15) is 44.2 Å². The third-order valence-corrected chi connectivity index (χ3v) is 7.87. The summed E-state index contributed by atoms with van der Waals surface area (Å²) in [6, 6.07) is 3.89. The van der Waals surface area contributed by atoms with Crippen LogP contribution in [0.4, 0.5) is 0 Å². The van der Waals surface area contributed by atoms with E-state index in [2.05, 4.69) is 40.8 Å². The Morgan fingerprint density at radius 2 is 0.446 bits per heavy atom. The van der Waals surface area contributed by atoms with Gasteiger partial charge in [-0.05, 0) is 12.1 Å². The molecule has 2 rings (SSSR count). The fourth-order valence-electron chi connectivity index (χ4n) is 3.14. The van der Waals surface area contributed by atoms with Gasteiger partial charge in [-0.3, -0.25) is 36.2 Å². The average molecular weight is 1160 g/mol. The van der Waals surface area contributed by atoms with E-state index in [1.807, 2.05) is 24.5 Å². The number of phosphoric acid groups is 6. The topological polar surface area (TPSA) is 1030 Å². The van der Waals surface area contributed by atoms with Crippen molar-refractivity contribution in [1.82, 2.24) is 91.1 Å². The van der Waals surface area contributed by atoms with E-state index < -0.39 is 104 Å². The Bertz CT molecular complexity index is 1510. The highest BCUT2D eigenvalue weighted by Gasteiger charge is 2.62. The van der Waals surface area contributed by atoms with Gasteiger partial charge >= 0.3 is 67.7 Å². The Morgan fingerprint density at radius 1 is 0.323 bits per heavy atom. The molecule has 0 radical (unpaired) electrons. The summed E-state index contributed by atoms with van der Waals surface area (Å²) in [5, 5.41) is 0. The summed E-state index contributed by atoms with van der Waals surface area (Å²) in [5.41, 5.74) is 0. The van der Waals surface area contributed by atoms with Crippen LogP contribution >= 0.6 is 46.9 Å². The Kier molecular flexibility index (Phi) is 65.0. The summed E-state index contributed by atoms with van der Waals surface area (Å²) in [6.45, 7) is 0. The van der Waals surface area contributed by atoms with Crippen LogP contribution in [0.2, 0.25) is 0 Å². The molecule has 1 aromatic rings. The molecular formula is C10H67N15O32P6S2. The highest BCUT2D eigenvalue weighted by atomic mass is 32.3. The number of rotatable bonds is 15. The fraction of sp³-hybridized carbons (Fsp3) is 0.600. The van der Waals surface area contributed by atoms with E-state index in [1.165, 1.54) is 0 Å². The summed E-state index contributed by atoms with van der Waals surface area (Å²) in [5.74, 6) is 0. The molecule has 55 heteroatoms. The number of H-pyrrole nitrogens is 1. The normalized spacial score (nSPS) is 18.9. The molecule has 65 heavy (non-hydrogen) atoms. The average Bonchev–Trinajstić information content (AvgIpc) is 3.40. The van der Waals surface area contributed by atoms with Crippen LogP contribution in [0.5, 0.6) is 0 Å². The van der Waals surface area contributed by atoms with E-state index in [4.69, 9.17) is 67.8 Å². The maximum Gasteiger partial charge on any atom is 0.470 e. The van der Waals surface area contributed by atoms with Gasteiger partial charge in [-0.2, -0.15) is 16.8 Å². The second kappa shape index (κ2) is 39.9. The number of hydrogen-bond acceptors (Lipinski definition) is 32. The van der Waals surface area contributed by atoms with Gasteiger partial charge in [0.2, 0.25) is 0 Å². The third kappa shape index (κ3) is 55.6. The van der Waals surface area contributed by atoms with E-state index in [1.54, 1.807) is 0 Å². The molecule has 0 aromatic carbocycles. The zero-order valence-electron chi connectivity index (χ0n) is 33.3. The summed E-state index contributed by atoms with van der Waals surface area (Å²) in [7, 11) is -46.1. The number of nitrogens with one attached hydrogen (secondary N) is 1. The Morgan fingerprint density at radius 3 is 0.508 bits per heavy atom. The minimum Gasteiger partial charge on any atom is -0.368 e. The van der Waals surface area contributed by atoms with Gasteiger partial charge < -0.3 is 150 Å². The lowest BCUT2D eigenvalue weighted by atomic mass is 9.85. The van der Waals surface area contributed by atoms with Crippen molar-refractivity contribution in [3.05, 3.63) is 24.5 Å². The van der Waals surface area contributed by atoms with Gasteiger partial charge in [-0.15, -0.1) is 0 Å². The molecule has 1 aliphatic rings. The van der Waals surface area contributed by atoms with Crippen LogP contribution in [-0.4, -0.2) is 126 Å². The van der Waals surface area contributed by atoms with Crippen LogP contribution in [0, 0.1) is 0 Å². The second-order valence-electron chi connectivity index (χ2n) is 8.24. The van der Waals surface area contributed by atoms with Crippen LogP contribution in [0.25, 0.3) is 0 Å². The van der Waals surface area contributed by atoms with Crippen LogP contribution in [-0.2, 0) is 84.0 Å². The Labute approximate surface area is 367 Å². The molecule has 0 bridgehead atoms. The highest BCUT2D eigenvalue weighted by molar-refractivity contribution is 7.83. The minimum absolute atomic E-state index is 0. The van der Waals surface area contributed by atoms with E-state index in [0.29, 0.717) is 0 Å². The molecule has 416 valence electrons. The van der Waals surface area contributed by atoms with Gasteiger partial charge in [0.05, 0.1) is 0 Å². The number of aromatic nitrogens is 1. The van der Waals surface area contributed by atoms with Crippen molar-refractivity contribution in [2.45, 2.75) is 36.6 Å². The summed E-state index contributed by atoms with van der Waals surface area (Å²) >= 11 is 0. The molecule has 1 aliphatic carbocycles. The molecule has 0 atom stereocenters. The van der Waals surface area contributed by atoms with Crippen LogP contribution in [0.3, 0.4) is 0 Å². The van der Waals surface area contributed by atoms with Crippen molar-refractivity contribution in [2.24, 2.45) is 0 Å². The maximum atomic E-state index is 11.4. The first-order chi connectivity index (χ1) is 22.3. The fourth-order valence-corrected chi connectivity index (χ4v) is 7.04. The molecule has 0 saturated heterocycles. The first kappa shape index (κ1) is 106. The molecule has 0 aliphatic heterocycles. The first-order valence-corrected chi connectivity index (χ1v) is 23.0. The lowest BCUT2D eigenvalue weighted by Crippen LogP contribution is -2.66. The smallest absolute Gasteiger partial charge is 0.368 e. The van der Waals surface area contributed by atoms with Crippen molar-refractivity contribution >= 4 is 67.7 Å².